The van der Waals surface area contributed by atoms with Crippen LogP contribution < -0.4 is 5.11 Å². The average Bonchev–Trinajstić information content (AvgIpc) is 2.39. The van der Waals surface area contributed by atoms with Crippen molar-refractivity contribution in [3.8, 4) is 0 Å². The molecule has 7 heteroatoms. The lowest BCUT2D eigenvalue weighted by Crippen LogP contribution is -2.56. The molecule has 3 rings (SSSR count). The summed E-state index contributed by atoms with van der Waals surface area (Å²) in [7, 11) is 0. The molecule has 0 unspecified atom stereocenters. The lowest BCUT2D eigenvalue weighted by atomic mass is 9.81. The van der Waals surface area contributed by atoms with Crippen LogP contribution in [0.4, 0.5) is 8.78 Å². The number of ether oxygens (including phenoxy) is 1. The van der Waals surface area contributed by atoms with Crippen molar-refractivity contribution in [2.24, 2.45) is 5.92 Å². The van der Waals surface area contributed by atoms with Gasteiger partial charge in [-0.1, -0.05) is 0 Å². The van der Waals surface area contributed by atoms with E-state index in [9.17, 15) is 23.5 Å². The number of aliphatic carboxylic acids is 1. The van der Waals surface area contributed by atoms with E-state index in [1.807, 2.05) is 0 Å². The number of hydrogen-bond donors (Lipinski definition) is 0. The Bertz CT molecular complexity index is 607. The molecule has 0 aromatic carbocycles. The van der Waals surface area contributed by atoms with Crippen LogP contribution in [0, 0.1) is 5.92 Å². The average molecular weight is 282 g/mol. The molecular weight excluding hydrogens is 272 g/mol. The van der Waals surface area contributed by atoms with Crippen LogP contribution >= 0.6 is 0 Å². The number of hydrogen-bond acceptors (Lipinski definition) is 5. The zero-order chi connectivity index (χ0) is 14.6. The minimum Gasteiger partial charge on any atom is -0.545 e. The van der Waals surface area contributed by atoms with Crippen molar-refractivity contribution in [3.05, 3.63) is 35.3 Å². The molecule has 2 heterocycles. The second kappa shape index (κ2) is 4.16. The standard InChI is InChI=1S/C13H11F2NO4/c1-5-4-20-12-9(15)8(14)2-6-10(12)16(5)3-7(11(6)17)13(18)19/h2-3,5-6,10H,4H2,1H3,(H,18,19)/p-1/t5-,6-,10-/m0/s1. The lowest BCUT2D eigenvalue weighted by Gasteiger charge is -2.47. The molecule has 0 amide bonds. The summed E-state index contributed by atoms with van der Waals surface area (Å²) in [4.78, 5) is 24.6. The first-order valence-corrected chi connectivity index (χ1v) is 6.06. The number of nitrogens with zero attached hydrogens (tertiary/aromatic N) is 1. The van der Waals surface area contributed by atoms with E-state index < -0.39 is 40.9 Å². The fourth-order valence-electron chi connectivity index (χ4n) is 2.74. The molecule has 106 valence electrons. The normalized spacial score (nSPS) is 32.2. The number of carboxylic acids is 1. The number of ketones is 1. The molecule has 3 aliphatic rings. The van der Waals surface area contributed by atoms with Gasteiger partial charge in [-0.15, -0.1) is 0 Å². The first-order chi connectivity index (χ1) is 9.41. The van der Waals surface area contributed by atoms with Gasteiger partial charge in [0.1, 0.15) is 12.6 Å². The fourth-order valence-corrected chi connectivity index (χ4v) is 2.74. The second-order valence-electron chi connectivity index (χ2n) is 4.97. The van der Waals surface area contributed by atoms with Crippen molar-refractivity contribution < 1.29 is 28.2 Å². The van der Waals surface area contributed by atoms with Gasteiger partial charge < -0.3 is 19.5 Å². The van der Waals surface area contributed by atoms with Crippen molar-refractivity contribution in [1.82, 2.24) is 4.90 Å². The highest BCUT2D eigenvalue weighted by atomic mass is 19.2. The summed E-state index contributed by atoms with van der Waals surface area (Å²) >= 11 is 0. The van der Waals surface area contributed by atoms with Crippen molar-refractivity contribution >= 4 is 11.8 Å². The summed E-state index contributed by atoms with van der Waals surface area (Å²) in [5, 5.41) is 11.0. The Morgan fingerprint density at radius 3 is 2.85 bits per heavy atom. The monoisotopic (exact) mass is 282 g/mol. The van der Waals surface area contributed by atoms with E-state index in [4.69, 9.17) is 4.74 Å². The Morgan fingerprint density at radius 2 is 2.20 bits per heavy atom. The van der Waals surface area contributed by atoms with Gasteiger partial charge in [-0.2, -0.15) is 4.39 Å². The fraction of sp³-hybridized carbons (Fsp3) is 0.385. The summed E-state index contributed by atoms with van der Waals surface area (Å²) in [5.41, 5.74) is -0.536. The van der Waals surface area contributed by atoms with E-state index in [1.165, 1.54) is 4.90 Å². The molecular formula is C13H10F2NO4-. The molecule has 1 fully saturated rings. The summed E-state index contributed by atoms with van der Waals surface area (Å²) in [6, 6.07) is -1.11. The molecule has 0 radical (unpaired) electrons. The minimum absolute atomic E-state index is 0.0737. The summed E-state index contributed by atoms with van der Waals surface area (Å²) in [6.07, 6.45) is 1.94. The number of carboxylic acid groups (broad SMARTS) is 1. The van der Waals surface area contributed by atoms with E-state index in [0.717, 1.165) is 12.3 Å². The molecule has 0 N–H and O–H groups in total. The molecule has 20 heavy (non-hydrogen) atoms. The largest absolute Gasteiger partial charge is 0.545 e. The summed E-state index contributed by atoms with van der Waals surface area (Å²) < 4.78 is 32.5. The first kappa shape index (κ1) is 12.8. The maximum absolute atomic E-state index is 13.8. The highest BCUT2D eigenvalue weighted by Crippen LogP contribution is 2.41. The number of allylic oxidation sites excluding steroid dienone is 2. The van der Waals surface area contributed by atoms with Crippen molar-refractivity contribution in [2.75, 3.05) is 6.61 Å². The number of Topliss-reactive ketones (excluding diaryl/α,β-unsaturated/α-hetero) is 1. The number of carbonyl (C=O) groups is 2. The lowest BCUT2D eigenvalue weighted by molar-refractivity contribution is -0.299. The van der Waals surface area contributed by atoms with Gasteiger partial charge in [-0.25, -0.2) is 4.39 Å². The Hall–Kier alpha value is -2.18. The quantitative estimate of drug-likeness (QED) is 0.631. The third kappa shape index (κ3) is 1.59. The van der Waals surface area contributed by atoms with Gasteiger partial charge in [0.05, 0.1) is 23.5 Å². The van der Waals surface area contributed by atoms with Crippen LogP contribution in [0.1, 0.15) is 6.92 Å². The first-order valence-electron chi connectivity index (χ1n) is 6.06. The van der Waals surface area contributed by atoms with Crippen LogP contribution in [0.15, 0.2) is 35.3 Å². The van der Waals surface area contributed by atoms with Gasteiger partial charge in [0, 0.05) is 6.20 Å². The van der Waals surface area contributed by atoms with E-state index in [-0.39, 0.29) is 18.4 Å². The molecule has 0 spiro atoms. The van der Waals surface area contributed by atoms with Gasteiger partial charge >= 0.3 is 0 Å². The van der Waals surface area contributed by atoms with Crippen molar-refractivity contribution in [2.45, 2.75) is 19.0 Å². The topological polar surface area (TPSA) is 69.7 Å². The maximum atomic E-state index is 13.8. The minimum atomic E-state index is -1.63. The Balaban J connectivity index is 2.17. The molecule has 3 atom stereocenters. The summed E-state index contributed by atoms with van der Waals surface area (Å²) in [6.45, 7) is 1.81. The van der Waals surface area contributed by atoms with Crippen LogP contribution in [0.2, 0.25) is 0 Å². The molecule has 0 aromatic heterocycles. The van der Waals surface area contributed by atoms with Crippen LogP contribution in [0.3, 0.4) is 0 Å². The van der Waals surface area contributed by atoms with E-state index >= 15 is 0 Å². The maximum Gasteiger partial charge on any atom is 0.198 e. The number of halogens is 2. The van der Waals surface area contributed by atoms with Crippen LogP contribution in [0.5, 0.6) is 0 Å². The molecule has 1 aliphatic carbocycles. The van der Waals surface area contributed by atoms with E-state index in [2.05, 4.69) is 0 Å². The van der Waals surface area contributed by atoms with E-state index in [0.29, 0.717) is 0 Å². The SMILES string of the molecule is C[C@H]1COC2=C(F)C(F)=C[C@@H]3C(=O)C(C(=O)[O-])=CN1[C@H]23. The van der Waals surface area contributed by atoms with Gasteiger partial charge in [0.25, 0.3) is 0 Å². The number of rotatable bonds is 1. The van der Waals surface area contributed by atoms with Crippen molar-refractivity contribution in [3.63, 3.8) is 0 Å². The Labute approximate surface area is 112 Å². The number of carbonyl (C=O) groups excluding carboxylic acids is 2. The molecule has 5 nitrogen and oxygen atoms in total. The number of morpholine rings is 1. The Morgan fingerprint density at radius 1 is 1.50 bits per heavy atom. The van der Waals surface area contributed by atoms with Crippen LogP contribution in [0.25, 0.3) is 0 Å². The molecule has 0 saturated carbocycles. The predicted molar refractivity (Wildman–Crippen MR) is 60.0 cm³/mol. The van der Waals surface area contributed by atoms with Gasteiger partial charge in [-0.3, -0.25) is 4.79 Å². The molecule has 0 aromatic rings. The third-order valence-corrected chi connectivity index (χ3v) is 3.74. The zero-order valence-electron chi connectivity index (χ0n) is 10.4. The van der Waals surface area contributed by atoms with E-state index in [1.54, 1.807) is 6.92 Å². The molecule has 2 aliphatic heterocycles. The zero-order valence-corrected chi connectivity index (χ0v) is 10.4. The predicted octanol–water partition coefficient (Wildman–Crippen LogP) is -0.0435. The van der Waals surface area contributed by atoms with Crippen molar-refractivity contribution in [1.29, 1.82) is 0 Å². The highest BCUT2D eigenvalue weighted by molar-refractivity contribution is 6.18. The van der Waals surface area contributed by atoms with Crippen LogP contribution in [-0.4, -0.2) is 35.3 Å². The van der Waals surface area contributed by atoms with Gasteiger partial charge in [-0.05, 0) is 13.0 Å². The highest BCUT2D eigenvalue weighted by Gasteiger charge is 2.48. The Kier molecular flexibility index (Phi) is 2.67. The second-order valence-corrected chi connectivity index (χ2v) is 4.97. The van der Waals surface area contributed by atoms with Crippen LogP contribution in [-0.2, 0) is 14.3 Å². The van der Waals surface area contributed by atoms with Gasteiger partial charge in [0.2, 0.25) is 0 Å². The third-order valence-electron chi connectivity index (χ3n) is 3.74. The molecule has 0 bridgehead atoms. The molecule has 1 saturated heterocycles. The van der Waals surface area contributed by atoms with Gasteiger partial charge in [0.15, 0.2) is 23.2 Å². The smallest absolute Gasteiger partial charge is 0.198 e. The summed E-state index contributed by atoms with van der Waals surface area (Å²) in [5.74, 6) is -6.15.